The number of anilines is 1. The first-order valence-electron chi connectivity index (χ1n) is 9.63. The summed E-state index contributed by atoms with van der Waals surface area (Å²) in [5, 5.41) is 22.9. The van der Waals surface area contributed by atoms with Crippen molar-refractivity contribution in [1.29, 1.82) is 0 Å². The molecule has 0 spiro atoms. The summed E-state index contributed by atoms with van der Waals surface area (Å²) >= 11 is 1.27. The standard InChI is InChI=1S/C20H21N5O6S/c1-4-31-16-5-6-17-18(12-16)32-20(21-17)23(8-7-22(2)3)19(26)13-9-14(24(27)28)11-15(10-13)25(29)30/h5-6,9-12H,4,7-8H2,1-3H3. The van der Waals surface area contributed by atoms with Gasteiger partial charge in [-0.2, -0.15) is 0 Å². The topological polar surface area (TPSA) is 132 Å². The quantitative estimate of drug-likeness (QED) is 0.349. The molecule has 12 heteroatoms. The van der Waals surface area contributed by atoms with Crippen LogP contribution in [0.25, 0.3) is 10.2 Å². The largest absolute Gasteiger partial charge is 0.494 e. The Morgan fingerprint density at radius 3 is 2.28 bits per heavy atom. The van der Waals surface area contributed by atoms with Crippen molar-refractivity contribution in [2.45, 2.75) is 6.92 Å². The highest BCUT2D eigenvalue weighted by molar-refractivity contribution is 7.22. The van der Waals surface area contributed by atoms with Crippen LogP contribution in [0.1, 0.15) is 17.3 Å². The number of benzene rings is 2. The van der Waals surface area contributed by atoms with Gasteiger partial charge in [-0.3, -0.25) is 29.9 Å². The van der Waals surface area contributed by atoms with E-state index in [9.17, 15) is 25.0 Å². The maximum atomic E-state index is 13.4. The molecule has 0 aliphatic rings. The number of non-ortho nitro benzene ring substituents is 2. The van der Waals surface area contributed by atoms with Gasteiger partial charge in [0.05, 0.1) is 38.3 Å². The predicted octanol–water partition coefficient (Wildman–Crippen LogP) is 3.72. The number of thiazole rings is 1. The van der Waals surface area contributed by atoms with E-state index in [0.29, 0.717) is 29.5 Å². The number of hydrogen-bond acceptors (Lipinski definition) is 9. The number of nitrogens with zero attached hydrogens (tertiary/aromatic N) is 5. The maximum Gasteiger partial charge on any atom is 0.277 e. The molecule has 0 aliphatic carbocycles. The summed E-state index contributed by atoms with van der Waals surface area (Å²) in [5.41, 5.74) is -0.540. The first kappa shape index (κ1) is 23.0. The molecular formula is C20H21N5O6S. The fraction of sp³-hybridized carbons (Fsp3) is 0.300. The molecule has 32 heavy (non-hydrogen) atoms. The van der Waals surface area contributed by atoms with Crippen LogP contribution in [0, 0.1) is 20.2 Å². The normalized spacial score (nSPS) is 11.0. The van der Waals surface area contributed by atoms with Crippen LogP contribution in [0.5, 0.6) is 5.75 Å². The lowest BCUT2D eigenvalue weighted by molar-refractivity contribution is -0.394. The Bertz CT molecular complexity index is 1150. The number of likely N-dealkylation sites (N-methyl/N-ethyl adjacent to an activating group) is 1. The van der Waals surface area contributed by atoms with Gasteiger partial charge < -0.3 is 9.64 Å². The van der Waals surface area contributed by atoms with E-state index in [2.05, 4.69) is 4.98 Å². The molecule has 3 aromatic rings. The van der Waals surface area contributed by atoms with Crippen LogP contribution in [0.15, 0.2) is 36.4 Å². The SMILES string of the molecule is CCOc1ccc2nc(N(CCN(C)C)C(=O)c3cc([N+](=O)[O-])cc([N+](=O)[O-])c3)sc2c1. The first-order valence-corrected chi connectivity index (χ1v) is 10.4. The molecule has 0 unspecified atom stereocenters. The minimum Gasteiger partial charge on any atom is -0.494 e. The van der Waals surface area contributed by atoms with Gasteiger partial charge in [-0.25, -0.2) is 4.98 Å². The minimum atomic E-state index is -0.763. The van der Waals surface area contributed by atoms with Gasteiger partial charge in [0, 0.05) is 25.2 Å². The van der Waals surface area contributed by atoms with Crippen molar-refractivity contribution in [3.63, 3.8) is 0 Å². The first-order chi connectivity index (χ1) is 15.2. The van der Waals surface area contributed by atoms with Gasteiger partial charge in [-0.05, 0) is 39.2 Å². The molecule has 0 aliphatic heterocycles. The summed E-state index contributed by atoms with van der Waals surface area (Å²) in [6, 6.07) is 8.30. The third-order valence-electron chi connectivity index (χ3n) is 4.48. The van der Waals surface area contributed by atoms with E-state index in [0.717, 1.165) is 22.9 Å². The van der Waals surface area contributed by atoms with E-state index in [1.807, 2.05) is 32.0 Å². The Morgan fingerprint density at radius 2 is 1.72 bits per heavy atom. The molecule has 0 fully saturated rings. The number of carbonyl (C=O) groups is 1. The minimum absolute atomic E-state index is 0.154. The van der Waals surface area contributed by atoms with Gasteiger partial charge in [0.1, 0.15) is 5.75 Å². The summed E-state index contributed by atoms with van der Waals surface area (Å²) in [6.45, 7) is 3.11. The highest BCUT2D eigenvalue weighted by Gasteiger charge is 2.26. The van der Waals surface area contributed by atoms with Gasteiger partial charge in [0.2, 0.25) is 0 Å². The van der Waals surface area contributed by atoms with Gasteiger partial charge in [-0.15, -0.1) is 0 Å². The van der Waals surface area contributed by atoms with E-state index >= 15 is 0 Å². The monoisotopic (exact) mass is 459 g/mol. The van der Waals surface area contributed by atoms with Crippen molar-refractivity contribution >= 4 is 44.0 Å². The van der Waals surface area contributed by atoms with E-state index in [-0.39, 0.29) is 12.1 Å². The van der Waals surface area contributed by atoms with Crippen LogP contribution in [-0.2, 0) is 0 Å². The molecule has 1 amide bonds. The van der Waals surface area contributed by atoms with Gasteiger partial charge in [0.25, 0.3) is 17.3 Å². The summed E-state index contributed by atoms with van der Waals surface area (Å²) < 4.78 is 6.32. The van der Waals surface area contributed by atoms with Crippen LogP contribution in [0.2, 0.25) is 0 Å². The van der Waals surface area contributed by atoms with E-state index in [1.165, 1.54) is 16.2 Å². The molecule has 11 nitrogen and oxygen atoms in total. The zero-order valence-electron chi connectivity index (χ0n) is 17.7. The molecule has 3 rings (SSSR count). The molecule has 0 saturated heterocycles. The van der Waals surface area contributed by atoms with Crippen molar-refractivity contribution in [2.75, 3.05) is 38.7 Å². The zero-order valence-corrected chi connectivity index (χ0v) is 18.5. The van der Waals surface area contributed by atoms with Crippen molar-refractivity contribution in [3.05, 3.63) is 62.2 Å². The highest BCUT2D eigenvalue weighted by Crippen LogP contribution is 2.33. The molecule has 0 atom stereocenters. The Balaban J connectivity index is 2.06. The number of fused-ring (bicyclic) bond motifs is 1. The lowest BCUT2D eigenvalue weighted by Crippen LogP contribution is -2.36. The Labute approximate surface area is 187 Å². The summed E-state index contributed by atoms with van der Waals surface area (Å²) in [4.78, 5) is 42.1. The van der Waals surface area contributed by atoms with E-state index in [4.69, 9.17) is 4.74 Å². The lowest BCUT2D eigenvalue weighted by atomic mass is 10.1. The smallest absolute Gasteiger partial charge is 0.277 e. The van der Waals surface area contributed by atoms with Crippen LogP contribution < -0.4 is 9.64 Å². The average molecular weight is 459 g/mol. The molecule has 2 aromatic carbocycles. The highest BCUT2D eigenvalue weighted by atomic mass is 32.1. The van der Waals surface area contributed by atoms with Crippen LogP contribution in [0.3, 0.4) is 0 Å². The molecular weight excluding hydrogens is 438 g/mol. The molecule has 0 N–H and O–H groups in total. The summed E-state index contributed by atoms with van der Waals surface area (Å²) in [6.07, 6.45) is 0. The number of ether oxygens (including phenoxy) is 1. The van der Waals surface area contributed by atoms with Gasteiger partial charge in [-0.1, -0.05) is 11.3 Å². The third kappa shape index (κ3) is 5.15. The summed E-state index contributed by atoms with van der Waals surface area (Å²) in [5.74, 6) is 0.0680. The van der Waals surface area contributed by atoms with Crippen molar-refractivity contribution < 1.29 is 19.4 Å². The number of carbonyl (C=O) groups excluding carboxylic acids is 1. The second-order valence-corrected chi connectivity index (χ2v) is 8.08. The molecule has 1 heterocycles. The Morgan fingerprint density at radius 1 is 1.06 bits per heavy atom. The molecule has 0 saturated carbocycles. The van der Waals surface area contributed by atoms with Crippen molar-refractivity contribution in [3.8, 4) is 5.75 Å². The zero-order chi connectivity index (χ0) is 23.4. The summed E-state index contributed by atoms with van der Waals surface area (Å²) in [7, 11) is 3.68. The number of aromatic nitrogens is 1. The molecule has 0 bridgehead atoms. The second-order valence-electron chi connectivity index (χ2n) is 7.07. The number of nitro benzene ring substituents is 2. The van der Waals surface area contributed by atoms with E-state index < -0.39 is 27.1 Å². The fourth-order valence-electron chi connectivity index (χ4n) is 2.93. The van der Waals surface area contributed by atoms with Crippen LogP contribution in [0.4, 0.5) is 16.5 Å². The van der Waals surface area contributed by atoms with Crippen LogP contribution >= 0.6 is 11.3 Å². The maximum absolute atomic E-state index is 13.4. The Hall–Kier alpha value is -3.64. The number of nitro groups is 2. The number of amides is 1. The lowest BCUT2D eigenvalue weighted by Gasteiger charge is -2.22. The van der Waals surface area contributed by atoms with Crippen molar-refractivity contribution in [2.24, 2.45) is 0 Å². The van der Waals surface area contributed by atoms with E-state index in [1.54, 1.807) is 12.1 Å². The third-order valence-corrected chi connectivity index (χ3v) is 5.52. The predicted molar refractivity (Wildman–Crippen MR) is 121 cm³/mol. The van der Waals surface area contributed by atoms with Crippen molar-refractivity contribution in [1.82, 2.24) is 9.88 Å². The van der Waals surface area contributed by atoms with Gasteiger partial charge in [0.15, 0.2) is 5.13 Å². The Kier molecular flexibility index (Phi) is 6.95. The fourth-order valence-corrected chi connectivity index (χ4v) is 3.95. The average Bonchev–Trinajstić information content (AvgIpc) is 3.16. The second kappa shape index (κ2) is 9.66. The number of hydrogen-bond donors (Lipinski definition) is 0. The van der Waals surface area contributed by atoms with Gasteiger partial charge >= 0.3 is 0 Å². The molecule has 168 valence electrons. The molecule has 0 radical (unpaired) electrons. The molecule has 1 aromatic heterocycles. The number of rotatable bonds is 9. The van der Waals surface area contributed by atoms with Crippen LogP contribution in [-0.4, -0.2) is 59.4 Å².